The van der Waals surface area contributed by atoms with E-state index in [-0.39, 0.29) is 12.0 Å². The Hall–Kier alpha value is -0.970. The maximum Gasteiger partial charge on any atom is 0.137 e. The van der Waals surface area contributed by atoms with Gasteiger partial charge in [0.05, 0.1) is 37.4 Å². The van der Waals surface area contributed by atoms with E-state index in [1.807, 2.05) is 25.2 Å². The molecule has 1 aromatic carbocycles. The largest absolute Gasteiger partial charge is 0.495 e. The van der Waals surface area contributed by atoms with E-state index in [0.29, 0.717) is 24.0 Å². The number of methoxy groups -OCH3 is 1. The maximum atomic E-state index is 9.42. The van der Waals surface area contributed by atoms with Crippen molar-refractivity contribution in [3.63, 3.8) is 0 Å². The first kappa shape index (κ1) is 13.5. The molecular formula is C13H18ClNO3. The van der Waals surface area contributed by atoms with Crippen LogP contribution in [0.5, 0.6) is 5.75 Å². The van der Waals surface area contributed by atoms with Crippen molar-refractivity contribution in [3.05, 3.63) is 23.2 Å². The number of aliphatic hydroxyl groups excluding tert-OH is 1. The van der Waals surface area contributed by atoms with Crippen molar-refractivity contribution < 1.29 is 14.6 Å². The molecule has 2 rings (SSSR count). The first-order valence-electron chi connectivity index (χ1n) is 5.83. The van der Waals surface area contributed by atoms with Crippen molar-refractivity contribution in [2.75, 3.05) is 45.4 Å². The SMILES string of the molecule is COc1ccc(N(C)CC2(CO)COC2)cc1Cl. The molecule has 1 saturated heterocycles. The first-order chi connectivity index (χ1) is 8.60. The minimum atomic E-state index is -0.138. The van der Waals surface area contributed by atoms with Crippen molar-refractivity contribution in [1.29, 1.82) is 0 Å². The van der Waals surface area contributed by atoms with Gasteiger partial charge in [-0.25, -0.2) is 0 Å². The van der Waals surface area contributed by atoms with E-state index in [4.69, 9.17) is 21.1 Å². The Kier molecular flexibility index (Phi) is 4.00. The number of rotatable bonds is 5. The molecule has 0 aliphatic carbocycles. The number of halogens is 1. The third-order valence-electron chi connectivity index (χ3n) is 3.30. The molecule has 0 saturated carbocycles. The lowest BCUT2D eigenvalue weighted by Gasteiger charge is -2.42. The minimum absolute atomic E-state index is 0.138. The molecule has 1 aliphatic heterocycles. The van der Waals surface area contributed by atoms with Crippen LogP contribution in [0.3, 0.4) is 0 Å². The molecule has 100 valence electrons. The van der Waals surface area contributed by atoms with Gasteiger partial charge in [0, 0.05) is 19.3 Å². The van der Waals surface area contributed by atoms with Gasteiger partial charge in [-0.05, 0) is 18.2 Å². The highest BCUT2D eigenvalue weighted by Crippen LogP contribution is 2.32. The fourth-order valence-electron chi connectivity index (χ4n) is 2.11. The number of aliphatic hydroxyl groups is 1. The van der Waals surface area contributed by atoms with Gasteiger partial charge in [0.15, 0.2) is 0 Å². The predicted octanol–water partition coefficient (Wildman–Crippen LogP) is 1.79. The molecule has 0 unspecified atom stereocenters. The zero-order valence-electron chi connectivity index (χ0n) is 10.6. The second-order valence-electron chi connectivity index (χ2n) is 4.83. The summed E-state index contributed by atoms with van der Waals surface area (Å²) in [5.41, 5.74) is 0.863. The Labute approximate surface area is 112 Å². The van der Waals surface area contributed by atoms with E-state index in [1.165, 1.54) is 0 Å². The van der Waals surface area contributed by atoms with Crippen LogP contribution in [0.25, 0.3) is 0 Å². The summed E-state index contributed by atoms with van der Waals surface area (Å²) in [5, 5.41) is 10.0. The molecule has 0 aromatic heterocycles. The van der Waals surface area contributed by atoms with Gasteiger partial charge in [0.25, 0.3) is 0 Å². The Morgan fingerprint density at radius 3 is 2.67 bits per heavy atom. The molecule has 0 amide bonds. The van der Waals surface area contributed by atoms with E-state index >= 15 is 0 Å². The molecule has 1 aromatic rings. The predicted molar refractivity (Wildman–Crippen MR) is 71.6 cm³/mol. The van der Waals surface area contributed by atoms with Gasteiger partial charge >= 0.3 is 0 Å². The normalized spacial score (nSPS) is 17.1. The Balaban J connectivity index is 2.09. The van der Waals surface area contributed by atoms with Crippen LogP contribution in [0.15, 0.2) is 18.2 Å². The van der Waals surface area contributed by atoms with Gasteiger partial charge in [-0.2, -0.15) is 0 Å². The van der Waals surface area contributed by atoms with Crippen molar-refractivity contribution in [3.8, 4) is 5.75 Å². The van der Waals surface area contributed by atoms with Gasteiger partial charge in [-0.15, -0.1) is 0 Å². The Morgan fingerprint density at radius 1 is 1.50 bits per heavy atom. The van der Waals surface area contributed by atoms with Crippen LogP contribution >= 0.6 is 11.6 Å². The smallest absolute Gasteiger partial charge is 0.137 e. The Bertz CT molecular complexity index is 415. The van der Waals surface area contributed by atoms with Crippen molar-refractivity contribution in [1.82, 2.24) is 0 Å². The molecule has 0 bridgehead atoms. The summed E-state index contributed by atoms with van der Waals surface area (Å²) in [7, 11) is 3.57. The molecule has 1 fully saturated rings. The lowest BCUT2D eigenvalue weighted by atomic mass is 9.86. The summed E-state index contributed by atoms with van der Waals surface area (Å²) < 4.78 is 10.3. The summed E-state index contributed by atoms with van der Waals surface area (Å²) in [6, 6.07) is 5.66. The van der Waals surface area contributed by atoms with Gasteiger partial charge in [0.2, 0.25) is 0 Å². The van der Waals surface area contributed by atoms with Gasteiger partial charge < -0.3 is 19.5 Å². The number of benzene rings is 1. The zero-order valence-corrected chi connectivity index (χ0v) is 11.4. The highest BCUT2D eigenvalue weighted by atomic mass is 35.5. The number of anilines is 1. The fraction of sp³-hybridized carbons (Fsp3) is 0.538. The van der Waals surface area contributed by atoms with Crippen molar-refractivity contribution >= 4 is 17.3 Å². The lowest BCUT2D eigenvalue weighted by Crippen LogP contribution is -2.52. The van der Waals surface area contributed by atoms with E-state index in [2.05, 4.69) is 4.90 Å². The van der Waals surface area contributed by atoms with Gasteiger partial charge in [-0.3, -0.25) is 0 Å². The third-order valence-corrected chi connectivity index (χ3v) is 3.60. The molecule has 1 N–H and O–H groups in total. The molecule has 18 heavy (non-hydrogen) atoms. The minimum Gasteiger partial charge on any atom is -0.495 e. The monoisotopic (exact) mass is 271 g/mol. The summed E-state index contributed by atoms with van der Waals surface area (Å²) in [6.45, 7) is 2.10. The van der Waals surface area contributed by atoms with Crippen LogP contribution in [-0.2, 0) is 4.74 Å². The van der Waals surface area contributed by atoms with Crippen LogP contribution in [0.1, 0.15) is 0 Å². The molecule has 4 nitrogen and oxygen atoms in total. The topological polar surface area (TPSA) is 41.9 Å². The quantitative estimate of drug-likeness (QED) is 0.887. The van der Waals surface area contributed by atoms with Gasteiger partial charge in [-0.1, -0.05) is 11.6 Å². The highest BCUT2D eigenvalue weighted by molar-refractivity contribution is 6.32. The third kappa shape index (κ3) is 2.55. The summed E-state index contributed by atoms with van der Waals surface area (Å²) in [4.78, 5) is 2.07. The fourth-order valence-corrected chi connectivity index (χ4v) is 2.36. The van der Waals surface area contributed by atoms with Crippen LogP contribution in [-0.4, -0.2) is 45.6 Å². The maximum absolute atomic E-state index is 9.42. The number of nitrogens with zero attached hydrogens (tertiary/aromatic N) is 1. The van der Waals surface area contributed by atoms with E-state index in [1.54, 1.807) is 7.11 Å². The molecular weight excluding hydrogens is 254 g/mol. The van der Waals surface area contributed by atoms with Crippen molar-refractivity contribution in [2.45, 2.75) is 0 Å². The van der Waals surface area contributed by atoms with Crippen molar-refractivity contribution in [2.24, 2.45) is 5.41 Å². The van der Waals surface area contributed by atoms with Crippen LogP contribution in [0.4, 0.5) is 5.69 Å². The van der Waals surface area contributed by atoms with Crippen LogP contribution in [0, 0.1) is 5.41 Å². The van der Waals surface area contributed by atoms with E-state index in [0.717, 1.165) is 12.2 Å². The summed E-state index contributed by atoms with van der Waals surface area (Å²) >= 11 is 6.10. The number of hydrogen-bond donors (Lipinski definition) is 1. The van der Waals surface area contributed by atoms with Crippen LogP contribution in [0.2, 0.25) is 5.02 Å². The number of hydrogen-bond acceptors (Lipinski definition) is 4. The molecule has 1 aliphatic rings. The van der Waals surface area contributed by atoms with E-state index in [9.17, 15) is 5.11 Å². The molecule has 0 radical (unpaired) electrons. The average molecular weight is 272 g/mol. The molecule has 0 atom stereocenters. The standard InChI is InChI=1S/C13H18ClNO3/c1-15(6-13(7-16)8-18-9-13)10-3-4-12(17-2)11(14)5-10/h3-5,16H,6-9H2,1-2H3. The number of ether oxygens (including phenoxy) is 2. The molecule has 1 heterocycles. The summed E-state index contributed by atoms with van der Waals surface area (Å²) in [6.07, 6.45) is 0. The Morgan fingerprint density at radius 2 is 2.22 bits per heavy atom. The second-order valence-corrected chi connectivity index (χ2v) is 5.23. The molecule has 5 heteroatoms. The zero-order chi connectivity index (χ0) is 13.2. The lowest BCUT2D eigenvalue weighted by molar-refractivity contribution is -0.130. The van der Waals surface area contributed by atoms with E-state index < -0.39 is 0 Å². The van der Waals surface area contributed by atoms with Gasteiger partial charge in [0.1, 0.15) is 5.75 Å². The highest BCUT2D eigenvalue weighted by Gasteiger charge is 2.39. The second kappa shape index (κ2) is 5.34. The average Bonchev–Trinajstić information content (AvgIpc) is 2.33. The van der Waals surface area contributed by atoms with Crippen LogP contribution < -0.4 is 9.64 Å². The first-order valence-corrected chi connectivity index (χ1v) is 6.21. The molecule has 0 spiro atoms. The summed E-state index contributed by atoms with van der Waals surface area (Å²) in [5.74, 6) is 0.665.